The Bertz CT molecular complexity index is 849. The molecule has 0 bridgehead atoms. The Morgan fingerprint density at radius 3 is 2.52 bits per heavy atom. The molecule has 1 amide bonds. The third-order valence-electron chi connectivity index (χ3n) is 4.65. The number of carbonyl (C=O) groups is 2. The molecule has 3 rings (SSSR count). The molecule has 0 unspecified atom stereocenters. The molecular formula is C19H22N2O5S. The maximum Gasteiger partial charge on any atom is 0.338 e. The van der Waals surface area contributed by atoms with Gasteiger partial charge in [0.15, 0.2) is 16.7 Å². The third kappa shape index (κ3) is 3.18. The first-order chi connectivity index (χ1) is 13.0. The van der Waals surface area contributed by atoms with E-state index < -0.39 is 12.0 Å². The standard InChI is InChI=1S/C19H22N2O5S/c1-6-14-17(22)21-16(11-7-8-12(24-3)13(9-11)25-4)15(18(23)26-5)10(2)20-19(21)27-14/h7-9,14,16H,6H2,1-5H3/t14-,16+/m1/s1. The van der Waals surface area contributed by atoms with Crippen molar-refractivity contribution >= 4 is 28.8 Å². The van der Waals surface area contributed by atoms with Gasteiger partial charge in [0.2, 0.25) is 5.91 Å². The Hall–Kier alpha value is -2.48. The van der Waals surface area contributed by atoms with Crippen molar-refractivity contribution in [2.75, 3.05) is 21.3 Å². The van der Waals surface area contributed by atoms with E-state index in [1.807, 2.05) is 13.0 Å². The molecule has 2 heterocycles. The van der Waals surface area contributed by atoms with Crippen LogP contribution in [-0.4, -0.2) is 48.5 Å². The number of benzene rings is 1. The molecule has 1 aromatic rings. The number of aliphatic imine (C=N–C) groups is 1. The third-order valence-corrected chi connectivity index (χ3v) is 5.97. The van der Waals surface area contributed by atoms with Crippen molar-refractivity contribution < 1.29 is 23.8 Å². The van der Waals surface area contributed by atoms with Gasteiger partial charge in [-0.2, -0.15) is 0 Å². The SMILES string of the molecule is CC[C@H]1SC2=NC(C)=C(C(=O)OC)[C@H](c3ccc(OC)c(OC)c3)N2C1=O. The fourth-order valence-electron chi connectivity index (χ4n) is 3.30. The minimum absolute atomic E-state index is 0.0602. The van der Waals surface area contributed by atoms with Crippen LogP contribution in [0.1, 0.15) is 31.9 Å². The van der Waals surface area contributed by atoms with Gasteiger partial charge in [-0.1, -0.05) is 24.8 Å². The van der Waals surface area contributed by atoms with E-state index in [9.17, 15) is 9.59 Å². The fourth-order valence-corrected chi connectivity index (χ4v) is 4.43. The largest absolute Gasteiger partial charge is 0.493 e. The molecule has 0 radical (unpaired) electrons. The summed E-state index contributed by atoms with van der Waals surface area (Å²) in [7, 11) is 4.42. The highest BCUT2D eigenvalue weighted by Crippen LogP contribution is 2.45. The topological polar surface area (TPSA) is 77.4 Å². The zero-order chi connectivity index (χ0) is 19.7. The van der Waals surface area contributed by atoms with Crippen molar-refractivity contribution in [1.29, 1.82) is 0 Å². The number of esters is 1. The van der Waals surface area contributed by atoms with Crippen LogP contribution in [0.4, 0.5) is 0 Å². The number of rotatable bonds is 5. The van der Waals surface area contributed by atoms with Crippen LogP contribution < -0.4 is 9.47 Å². The Balaban J connectivity index is 2.17. The lowest BCUT2D eigenvalue weighted by Gasteiger charge is -2.33. The van der Waals surface area contributed by atoms with Crippen LogP contribution in [0.3, 0.4) is 0 Å². The molecule has 1 fully saturated rings. The minimum Gasteiger partial charge on any atom is -0.493 e. The second-order valence-corrected chi connectivity index (χ2v) is 7.29. The lowest BCUT2D eigenvalue weighted by molar-refractivity contribution is -0.137. The number of carbonyl (C=O) groups excluding carboxylic acids is 2. The van der Waals surface area contributed by atoms with Crippen molar-refractivity contribution in [3.8, 4) is 11.5 Å². The van der Waals surface area contributed by atoms with Gasteiger partial charge < -0.3 is 14.2 Å². The van der Waals surface area contributed by atoms with Gasteiger partial charge in [-0.15, -0.1) is 0 Å². The molecule has 2 atom stereocenters. The van der Waals surface area contributed by atoms with Gasteiger partial charge in [0.05, 0.1) is 43.9 Å². The first-order valence-corrected chi connectivity index (χ1v) is 9.44. The summed E-state index contributed by atoms with van der Waals surface area (Å²) in [5.74, 6) is 0.523. The second-order valence-electron chi connectivity index (χ2n) is 6.12. The predicted molar refractivity (Wildman–Crippen MR) is 103 cm³/mol. The molecule has 2 aliphatic heterocycles. The molecule has 0 aromatic heterocycles. The fraction of sp³-hybridized carbons (Fsp3) is 0.421. The number of hydrogen-bond acceptors (Lipinski definition) is 7. The van der Waals surface area contributed by atoms with Crippen molar-refractivity contribution in [3.63, 3.8) is 0 Å². The van der Waals surface area contributed by atoms with Crippen LogP contribution >= 0.6 is 11.8 Å². The highest BCUT2D eigenvalue weighted by molar-refractivity contribution is 8.15. The van der Waals surface area contributed by atoms with E-state index in [4.69, 9.17) is 14.2 Å². The number of fused-ring (bicyclic) bond motifs is 1. The van der Waals surface area contributed by atoms with E-state index in [1.54, 1.807) is 38.2 Å². The molecular weight excluding hydrogens is 368 g/mol. The van der Waals surface area contributed by atoms with Crippen LogP contribution in [0.5, 0.6) is 11.5 Å². The summed E-state index contributed by atoms with van der Waals surface area (Å²) < 4.78 is 15.7. The number of hydrogen-bond donors (Lipinski definition) is 0. The number of nitrogens with zero attached hydrogens (tertiary/aromatic N) is 2. The summed E-state index contributed by atoms with van der Waals surface area (Å²) in [4.78, 5) is 31.6. The van der Waals surface area contributed by atoms with Crippen LogP contribution in [0.25, 0.3) is 0 Å². The van der Waals surface area contributed by atoms with Gasteiger partial charge in [-0.25, -0.2) is 9.79 Å². The lowest BCUT2D eigenvalue weighted by Crippen LogP contribution is -2.40. The van der Waals surface area contributed by atoms with E-state index in [1.165, 1.54) is 18.9 Å². The van der Waals surface area contributed by atoms with Crippen molar-refractivity contribution in [2.45, 2.75) is 31.6 Å². The molecule has 1 aromatic carbocycles. The summed E-state index contributed by atoms with van der Waals surface area (Å²) in [5.41, 5.74) is 1.62. The van der Waals surface area contributed by atoms with Crippen molar-refractivity contribution in [3.05, 3.63) is 35.0 Å². The molecule has 0 spiro atoms. The number of amidine groups is 1. The molecule has 7 nitrogen and oxygen atoms in total. The van der Waals surface area contributed by atoms with E-state index in [0.717, 1.165) is 5.56 Å². The van der Waals surface area contributed by atoms with E-state index in [-0.39, 0.29) is 11.2 Å². The van der Waals surface area contributed by atoms with E-state index in [2.05, 4.69) is 4.99 Å². The Labute approximate surface area is 162 Å². The summed E-state index contributed by atoms with van der Waals surface area (Å²) >= 11 is 1.43. The highest BCUT2D eigenvalue weighted by atomic mass is 32.2. The summed E-state index contributed by atoms with van der Waals surface area (Å²) in [5, 5.41) is 0.396. The molecule has 27 heavy (non-hydrogen) atoms. The van der Waals surface area contributed by atoms with Crippen LogP contribution in [0.15, 0.2) is 34.5 Å². The lowest BCUT2D eigenvalue weighted by atomic mass is 9.94. The summed E-state index contributed by atoms with van der Waals surface area (Å²) in [6, 6.07) is 4.73. The maximum atomic E-state index is 13.0. The first kappa shape index (κ1) is 19.3. The number of allylic oxidation sites excluding steroid dienone is 1. The van der Waals surface area contributed by atoms with Gasteiger partial charge in [0, 0.05) is 0 Å². The average molecular weight is 390 g/mol. The smallest absolute Gasteiger partial charge is 0.338 e. The zero-order valence-corrected chi connectivity index (χ0v) is 16.8. The summed E-state index contributed by atoms with van der Waals surface area (Å²) in [6.07, 6.45) is 0.685. The zero-order valence-electron chi connectivity index (χ0n) is 15.9. The highest BCUT2D eigenvalue weighted by Gasteiger charge is 2.47. The van der Waals surface area contributed by atoms with E-state index >= 15 is 0 Å². The molecule has 2 aliphatic rings. The molecule has 0 saturated carbocycles. The number of amides is 1. The Kier molecular flexibility index (Phi) is 5.46. The van der Waals surface area contributed by atoms with Crippen molar-refractivity contribution in [1.82, 2.24) is 4.90 Å². The van der Waals surface area contributed by atoms with Gasteiger partial charge in [0.1, 0.15) is 0 Å². The van der Waals surface area contributed by atoms with Gasteiger partial charge in [-0.05, 0) is 31.0 Å². The van der Waals surface area contributed by atoms with E-state index in [0.29, 0.717) is 34.4 Å². The molecule has 144 valence electrons. The molecule has 0 aliphatic carbocycles. The number of ether oxygens (including phenoxy) is 3. The Morgan fingerprint density at radius 2 is 1.93 bits per heavy atom. The molecule has 0 N–H and O–H groups in total. The average Bonchev–Trinajstić information content (AvgIpc) is 3.00. The summed E-state index contributed by atoms with van der Waals surface area (Å²) in [6.45, 7) is 3.72. The van der Waals surface area contributed by atoms with Gasteiger partial charge >= 0.3 is 5.97 Å². The maximum absolute atomic E-state index is 13.0. The van der Waals surface area contributed by atoms with Crippen LogP contribution in [0.2, 0.25) is 0 Å². The van der Waals surface area contributed by atoms with Crippen molar-refractivity contribution in [2.24, 2.45) is 4.99 Å². The minimum atomic E-state index is -0.624. The monoisotopic (exact) mass is 390 g/mol. The molecule has 8 heteroatoms. The predicted octanol–water partition coefficient (Wildman–Crippen LogP) is 2.92. The quantitative estimate of drug-likeness (QED) is 0.720. The second kappa shape index (κ2) is 7.64. The Morgan fingerprint density at radius 1 is 1.22 bits per heavy atom. The normalized spacial score (nSPS) is 21.7. The number of thioether (sulfide) groups is 1. The number of methoxy groups -OCH3 is 3. The van der Waals surface area contributed by atoms with Crippen LogP contribution in [0, 0.1) is 0 Å². The first-order valence-electron chi connectivity index (χ1n) is 8.56. The molecule has 1 saturated heterocycles. The van der Waals surface area contributed by atoms with Gasteiger partial charge in [0.25, 0.3) is 0 Å². The van der Waals surface area contributed by atoms with Gasteiger partial charge in [-0.3, -0.25) is 9.69 Å². The van der Waals surface area contributed by atoms with Crippen LogP contribution in [-0.2, 0) is 14.3 Å².